The maximum atomic E-state index is 4.59. The van der Waals surface area contributed by atoms with Crippen LogP contribution in [-0.4, -0.2) is 53.6 Å². The van der Waals surface area contributed by atoms with Gasteiger partial charge in [-0.15, -0.1) is 36.2 Å². The zero-order valence-electron chi connectivity index (χ0n) is 15.5. The van der Waals surface area contributed by atoms with E-state index in [9.17, 15) is 0 Å². The summed E-state index contributed by atoms with van der Waals surface area (Å²) in [4.78, 5) is 13.2. The molecule has 0 radical (unpaired) electrons. The molecule has 5 nitrogen and oxygen atoms in total. The number of hydrogen-bond acceptors (Lipinski definition) is 6. The summed E-state index contributed by atoms with van der Waals surface area (Å²) in [6.45, 7) is 5.47. The van der Waals surface area contributed by atoms with Crippen molar-refractivity contribution in [3.63, 3.8) is 0 Å². The van der Waals surface area contributed by atoms with Gasteiger partial charge < -0.3 is 10.6 Å². The summed E-state index contributed by atoms with van der Waals surface area (Å²) in [7, 11) is 0. The average Bonchev–Trinajstić information content (AvgIpc) is 3.07. The largest absolute Gasteiger partial charge is 0.369 e. The number of halogens is 2. The van der Waals surface area contributed by atoms with Gasteiger partial charge >= 0.3 is 0 Å². The van der Waals surface area contributed by atoms with Crippen molar-refractivity contribution >= 4 is 42.0 Å². The first-order chi connectivity index (χ1) is 12.4. The molecule has 1 atom stereocenters. The maximum absolute atomic E-state index is 4.59. The van der Waals surface area contributed by atoms with Gasteiger partial charge in [0.15, 0.2) is 0 Å². The second-order valence-electron chi connectivity index (χ2n) is 6.94. The zero-order valence-corrected chi connectivity index (χ0v) is 18.0. The lowest BCUT2D eigenvalue weighted by Crippen LogP contribution is -2.46. The van der Waals surface area contributed by atoms with Crippen LogP contribution in [0.4, 0.5) is 5.82 Å². The van der Waals surface area contributed by atoms with E-state index in [4.69, 9.17) is 0 Å². The summed E-state index contributed by atoms with van der Waals surface area (Å²) in [5.41, 5.74) is 2.57. The molecule has 2 aromatic rings. The number of piperidine rings is 1. The van der Waals surface area contributed by atoms with Crippen LogP contribution in [0.3, 0.4) is 0 Å². The van der Waals surface area contributed by atoms with Crippen LogP contribution in [0, 0.1) is 0 Å². The van der Waals surface area contributed by atoms with Crippen molar-refractivity contribution in [1.82, 2.24) is 20.2 Å². The monoisotopic (exact) mass is 429 g/mol. The molecule has 0 aromatic carbocycles. The Bertz CT molecular complexity index is 677. The van der Waals surface area contributed by atoms with Crippen molar-refractivity contribution in [2.75, 3.05) is 38.0 Å². The molecule has 4 rings (SSSR count). The standard InChI is InChI=1S/C19H27N5S.2ClH/c1-3-15(13-20-8-1)24-10-6-17-18(7-11-24)22-14-23-19(17)21-9-5-16-4-2-12-25-16;;/h2,4,12,14-15,20H,1,3,5-11,13H2,(H,21,22,23);2*1H. The summed E-state index contributed by atoms with van der Waals surface area (Å²) in [5, 5.41) is 9.24. The van der Waals surface area contributed by atoms with Crippen LogP contribution >= 0.6 is 36.2 Å². The van der Waals surface area contributed by atoms with Crippen molar-refractivity contribution in [1.29, 1.82) is 0 Å². The number of rotatable bonds is 5. The fourth-order valence-electron chi connectivity index (χ4n) is 3.97. The SMILES string of the molecule is Cl.Cl.c1csc(CCNc2ncnc3c2CCN(C2CCCNC2)CC3)c1. The Morgan fingerprint density at radius 1 is 1.22 bits per heavy atom. The molecule has 0 aliphatic carbocycles. The molecule has 27 heavy (non-hydrogen) atoms. The predicted molar refractivity (Wildman–Crippen MR) is 118 cm³/mol. The van der Waals surface area contributed by atoms with Gasteiger partial charge in [-0.3, -0.25) is 4.90 Å². The van der Waals surface area contributed by atoms with E-state index in [0.29, 0.717) is 6.04 Å². The smallest absolute Gasteiger partial charge is 0.132 e. The number of nitrogens with zero attached hydrogens (tertiary/aromatic N) is 3. The molecule has 2 aliphatic heterocycles. The molecule has 4 heterocycles. The normalized spacial score (nSPS) is 19.9. The number of aromatic nitrogens is 2. The van der Waals surface area contributed by atoms with Crippen LogP contribution in [-0.2, 0) is 19.3 Å². The highest BCUT2D eigenvalue weighted by molar-refractivity contribution is 7.09. The Kier molecular flexibility index (Phi) is 9.26. The number of fused-ring (bicyclic) bond motifs is 1. The predicted octanol–water partition coefficient (Wildman–Crippen LogP) is 3.19. The molecule has 2 aliphatic rings. The Balaban J connectivity index is 0.00000131. The molecule has 0 bridgehead atoms. The fourth-order valence-corrected chi connectivity index (χ4v) is 4.67. The Morgan fingerprint density at radius 2 is 2.11 bits per heavy atom. The van der Waals surface area contributed by atoms with E-state index in [1.54, 1.807) is 6.33 Å². The van der Waals surface area contributed by atoms with Gasteiger partial charge in [0.05, 0.1) is 5.69 Å². The summed E-state index contributed by atoms with van der Waals surface area (Å²) >= 11 is 1.82. The van der Waals surface area contributed by atoms with Gasteiger partial charge in [0, 0.05) is 49.1 Å². The first-order valence-electron chi connectivity index (χ1n) is 9.44. The molecule has 1 fully saturated rings. The van der Waals surface area contributed by atoms with Crippen molar-refractivity contribution < 1.29 is 0 Å². The highest BCUT2D eigenvalue weighted by Crippen LogP contribution is 2.23. The van der Waals surface area contributed by atoms with Gasteiger partial charge in [-0.25, -0.2) is 9.97 Å². The van der Waals surface area contributed by atoms with E-state index in [2.05, 4.69) is 43.0 Å². The van der Waals surface area contributed by atoms with Crippen LogP contribution < -0.4 is 10.6 Å². The molecular weight excluding hydrogens is 401 g/mol. The third kappa shape index (κ3) is 5.78. The van der Waals surface area contributed by atoms with Gasteiger partial charge in [-0.1, -0.05) is 6.07 Å². The van der Waals surface area contributed by atoms with E-state index in [-0.39, 0.29) is 24.8 Å². The zero-order chi connectivity index (χ0) is 16.9. The summed E-state index contributed by atoms with van der Waals surface area (Å²) in [5.74, 6) is 1.05. The van der Waals surface area contributed by atoms with E-state index < -0.39 is 0 Å². The molecule has 0 amide bonds. The Labute approximate surface area is 178 Å². The summed E-state index contributed by atoms with van der Waals surface area (Å²) < 4.78 is 0. The van der Waals surface area contributed by atoms with Crippen LogP contribution in [0.5, 0.6) is 0 Å². The fraction of sp³-hybridized carbons (Fsp3) is 0.579. The Hall–Kier alpha value is -0.920. The van der Waals surface area contributed by atoms with Crippen molar-refractivity contribution in [2.24, 2.45) is 0 Å². The lowest BCUT2D eigenvalue weighted by atomic mass is 10.1. The number of anilines is 1. The summed E-state index contributed by atoms with van der Waals surface area (Å²) in [6, 6.07) is 5.00. The molecule has 0 spiro atoms. The maximum Gasteiger partial charge on any atom is 0.132 e. The first-order valence-corrected chi connectivity index (χ1v) is 10.3. The molecule has 1 saturated heterocycles. The van der Waals surface area contributed by atoms with Gasteiger partial charge in [-0.05, 0) is 43.7 Å². The molecule has 1 unspecified atom stereocenters. The topological polar surface area (TPSA) is 53.1 Å². The number of nitrogens with one attached hydrogen (secondary N) is 2. The third-order valence-electron chi connectivity index (χ3n) is 5.35. The second-order valence-corrected chi connectivity index (χ2v) is 7.97. The molecule has 2 aromatic heterocycles. The minimum atomic E-state index is 0. The van der Waals surface area contributed by atoms with E-state index >= 15 is 0 Å². The molecule has 2 N–H and O–H groups in total. The second kappa shape index (κ2) is 11.2. The van der Waals surface area contributed by atoms with Gasteiger partial charge in [0.2, 0.25) is 0 Å². The number of hydrogen-bond donors (Lipinski definition) is 2. The number of thiophene rings is 1. The lowest BCUT2D eigenvalue weighted by Gasteiger charge is -2.33. The minimum Gasteiger partial charge on any atom is -0.369 e. The first kappa shape index (κ1) is 22.4. The van der Waals surface area contributed by atoms with Gasteiger partial charge in [0.25, 0.3) is 0 Å². The van der Waals surface area contributed by atoms with E-state index in [1.807, 2.05) is 11.3 Å². The highest BCUT2D eigenvalue weighted by Gasteiger charge is 2.24. The minimum absolute atomic E-state index is 0. The average molecular weight is 430 g/mol. The van der Waals surface area contributed by atoms with Crippen LogP contribution in [0.1, 0.15) is 29.0 Å². The highest BCUT2D eigenvalue weighted by atomic mass is 35.5. The van der Waals surface area contributed by atoms with Crippen LogP contribution in [0.2, 0.25) is 0 Å². The summed E-state index contributed by atoms with van der Waals surface area (Å²) in [6.07, 6.45) is 7.48. The van der Waals surface area contributed by atoms with E-state index in [0.717, 1.165) is 51.3 Å². The molecular formula is C19H29Cl2N5S. The van der Waals surface area contributed by atoms with Crippen molar-refractivity contribution in [3.8, 4) is 0 Å². The van der Waals surface area contributed by atoms with Crippen LogP contribution in [0.15, 0.2) is 23.8 Å². The molecule has 150 valence electrons. The van der Waals surface area contributed by atoms with Gasteiger partial charge in [0.1, 0.15) is 12.1 Å². The van der Waals surface area contributed by atoms with Crippen molar-refractivity contribution in [2.45, 2.75) is 38.1 Å². The molecule has 8 heteroatoms. The lowest BCUT2D eigenvalue weighted by molar-refractivity contribution is 0.173. The van der Waals surface area contributed by atoms with Crippen molar-refractivity contribution in [3.05, 3.63) is 40.0 Å². The third-order valence-corrected chi connectivity index (χ3v) is 6.29. The Morgan fingerprint density at radius 3 is 2.89 bits per heavy atom. The van der Waals surface area contributed by atoms with E-state index in [1.165, 1.54) is 35.5 Å². The molecule has 0 saturated carbocycles. The quantitative estimate of drug-likeness (QED) is 0.763. The van der Waals surface area contributed by atoms with Crippen LogP contribution in [0.25, 0.3) is 0 Å². The van der Waals surface area contributed by atoms with Gasteiger partial charge in [-0.2, -0.15) is 0 Å².